The Hall–Kier alpha value is -15.6. The fraction of sp³-hybridized carbons (Fsp3) is 0.00917. The van der Waals surface area contributed by atoms with E-state index in [1.807, 2.05) is 0 Å². The highest BCUT2D eigenvalue weighted by Gasteiger charge is 2.52. The Morgan fingerprint density at radius 3 is 0.885 bits per heavy atom. The molecule has 7 aliphatic heterocycles. The van der Waals surface area contributed by atoms with Crippen molar-refractivity contribution >= 4 is 224 Å². The van der Waals surface area contributed by atoms with Gasteiger partial charge < -0.3 is 43.9 Å². The summed E-state index contributed by atoms with van der Waals surface area (Å²) in [7, 11) is 2.48. The Morgan fingerprint density at radius 1 is 0.221 bits per heavy atom. The first-order chi connectivity index (χ1) is 60.5. The first-order valence-electron chi connectivity index (χ1n) is 42.2. The maximum atomic E-state index is 8.06. The molecule has 13 heteroatoms. The lowest BCUT2D eigenvalue weighted by molar-refractivity contribution is 0.488. The second-order valence-corrected chi connectivity index (χ2v) is 32.5. The van der Waals surface area contributed by atoms with Gasteiger partial charge in [0.05, 0.1) is 11.4 Å². The molecule has 0 saturated heterocycles. The highest BCUT2D eigenvalue weighted by Crippen LogP contribution is 2.55. The predicted octanol–water partition coefficient (Wildman–Crippen LogP) is 20.9. The minimum atomic E-state index is -0.274. The van der Waals surface area contributed by atoms with Gasteiger partial charge in [0.1, 0.15) is 11.5 Å². The molecule has 0 spiro atoms. The molecular formula is C109H73B4N8O. The first-order valence-corrected chi connectivity index (χ1v) is 42.2. The molecule has 9 nitrogen and oxygen atoms in total. The van der Waals surface area contributed by atoms with Crippen molar-refractivity contribution in [3.05, 3.63) is 430 Å². The molecule has 0 atom stereocenters. The van der Waals surface area contributed by atoms with Gasteiger partial charge in [-0.1, -0.05) is 249 Å². The molecule has 18 aromatic rings. The van der Waals surface area contributed by atoms with E-state index in [-0.39, 0.29) is 20.1 Å². The monoisotopic (exact) mass is 1550 g/mol. The third-order valence-electron chi connectivity index (χ3n) is 25.8. The summed E-state index contributed by atoms with van der Waals surface area (Å²) in [4.78, 5) is 20.1. The Labute approximate surface area is 711 Å². The molecule has 7 aliphatic rings. The summed E-state index contributed by atoms with van der Waals surface area (Å²) in [6.45, 7) is 1.57. The van der Waals surface area contributed by atoms with Crippen LogP contribution in [0.4, 0.5) is 136 Å². The lowest BCUT2D eigenvalue weighted by Crippen LogP contribution is -2.66. The first kappa shape index (κ1) is 69.5. The average Bonchev–Trinajstić information content (AvgIpc) is 0.679. The van der Waals surface area contributed by atoms with Crippen molar-refractivity contribution < 1.29 is 4.74 Å². The third kappa shape index (κ3) is 10.6. The van der Waals surface area contributed by atoms with E-state index in [0.29, 0.717) is 0 Å². The Balaban J connectivity index is 0.750. The number of benzene rings is 18. The van der Waals surface area contributed by atoms with E-state index >= 15 is 0 Å². The lowest BCUT2D eigenvalue weighted by atomic mass is 9.30. The predicted molar refractivity (Wildman–Crippen MR) is 514 cm³/mol. The largest absolute Gasteiger partial charge is 0.458 e. The third-order valence-corrected chi connectivity index (χ3v) is 25.8. The van der Waals surface area contributed by atoms with E-state index in [1.54, 1.807) is 0 Å². The number of hydrogen-bond acceptors (Lipinski definition) is 9. The van der Waals surface area contributed by atoms with Gasteiger partial charge in [0, 0.05) is 137 Å². The fourth-order valence-electron chi connectivity index (χ4n) is 20.9. The van der Waals surface area contributed by atoms with E-state index in [9.17, 15) is 0 Å². The van der Waals surface area contributed by atoms with Crippen molar-refractivity contribution in [2.75, 3.05) is 39.2 Å². The zero-order valence-corrected chi connectivity index (χ0v) is 66.7. The van der Waals surface area contributed by atoms with Gasteiger partial charge in [0.25, 0.3) is 20.1 Å². The molecule has 122 heavy (non-hydrogen) atoms. The number of para-hydroxylation sites is 13. The van der Waals surface area contributed by atoms with Crippen LogP contribution < -0.4 is 104 Å². The summed E-state index contributed by atoms with van der Waals surface area (Å²) < 4.78 is 8.06. The van der Waals surface area contributed by atoms with Crippen molar-refractivity contribution in [3.8, 4) is 11.5 Å². The van der Waals surface area contributed by atoms with Crippen LogP contribution in [-0.4, -0.2) is 27.4 Å². The zero-order valence-electron chi connectivity index (χ0n) is 66.7. The lowest BCUT2D eigenvalue weighted by Gasteiger charge is -2.48. The van der Waals surface area contributed by atoms with Crippen LogP contribution in [-0.2, 0) is 0 Å². The van der Waals surface area contributed by atoms with Crippen molar-refractivity contribution in [1.82, 2.24) is 0 Å². The highest BCUT2D eigenvalue weighted by atomic mass is 16.5. The number of nitrogens with zero attached hydrogens (tertiary/aromatic N) is 8. The second kappa shape index (κ2) is 27.8. The van der Waals surface area contributed by atoms with Gasteiger partial charge in [-0.15, -0.1) is 0 Å². The number of aryl methyl sites for hydroxylation is 1. The van der Waals surface area contributed by atoms with Gasteiger partial charge in [0.2, 0.25) is 7.28 Å². The summed E-state index contributed by atoms with van der Waals surface area (Å²) in [6, 6.07) is 157. The van der Waals surface area contributed by atoms with Gasteiger partial charge in [-0.05, 0) is 236 Å². The molecule has 0 N–H and O–H groups in total. The SMILES string of the molecule is Cc1ccccc1N1c2cc3c(cc2B2c4ccccc4N(c4ccccc4)c4cc5c(c1c42)[B]c1cc2c(cc1O5)N(c1ccccc1)c1cc(N(c4ccccc4)c4ccccc4)cc4c1B2c1ccccc1N4c1ccccc1)B1c2ccccc2N(c2ccccc2)c2cc(N(c4ccccc4)c4ccccc4)cc(c21)N3c1ccccc1. The Morgan fingerprint density at radius 2 is 0.508 bits per heavy atom. The molecule has 0 bridgehead atoms. The van der Waals surface area contributed by atoms with E-state index in [0.717, 1.165) is 164 Å². The zero-order chi connectivity index (χ0) is 80.2. The van der Waals surface area contributed by atoms with Crippen LogP contribution in [0.25, 0.3) is 0 Å². The standard InChI is InChI=1S/C109H73B4N8O/c1-72-37-29-33-59-91(72)121-96-69-95-89(112-86-57-31-35-61-93(86)117(78-48-21-7-22-49-78)99-64-82(65-100(107(99)112)119(95)80-52-25-9-26-53-80)114(73-38-11-2-12-39-73)74-40-13-3-14-41-74)68-90(96)113-87-58-32-36-62-94(87)118(79-50-23-8-24-51-79)102-71-104-105(109(121)108(102)113)110-84-67-88-97(70-103(84)122-104)120(81-54-27-10-28-55-81)101-66-83(115(75-42-15-4-16-43-75)76-44-17-5-18-45-76)63-98-106(101)111(88)85-56-30-34-60-92(85)116(98)77-46-19-6-20-47-77/h2-71H,1H3. The molecule has 0 fully saturated rings. The number of ether oxygens (including phenoxy) is 1. The number of anilines is 24. The number of fused-ring (bicyclic) bond motifs is 15. The Bertz CT molecular complexity index is 7150. The van der Waals surface area contributed by atoms with Crippen molar-refractivity contribution in [3.63, 3.8) is 0 Å². The molecule has 1 radical (unpaired) electrons. The molecule has 25 rings (SSSR count). The number of hydrogen-bond donors (Lipinski definition) is 0. The van der Waals surface area contributed by atoms with Crippen LogP contribution in [0, 0.1) is 6.92 Å². The Kier molecular flexibility index (Phi) is 15.8. The van der Waals surface area contributed by atoms with Crippen LogP contribution >= 0.6 is 0 Å². The van der Waals surface area contributed by atoms with Crippen LogP contribution in [0.2, 0.25) is 0 Å². The summed E-state index contributed by atoms with van der Waals surface area (Å²) >= 11 is 0. The van der Waals surface area contributed by atoms with E-state index in [2.05, 4.69) is 478 Å². The highest BCUT2D eigenvalue weighted by molar-refractivity contribution is 7.04. The normalized spacial score (nSPS) is 13.4. The van der Waals surface area contributed by atoms with Gasteiger partial charge in [-0.2, -0.15) is 0 Å². The fourth-order valence-corrected chi connectivity index (χ4v) is 20.9. The summed E-state index contributed by atoms with van der Waals surface area (Å²) in [6.07, 6.45) is 0. The summed E-state index contributed by atoms with van der Waals surface area (Å²) in [5.41, 5.74) is 40.0. The van der Waals surface area contributed by atoms with Crippen molar-refractivity contribution in [2.24, 2.45) is 0 Å². The van der Waals surface area contributed by atoms with E-state index in [4.69, 9.17) is 4.74 Å². The van der Waals surface area contributed by atoms with Gasteiger partial charge in [-0.3, -0.25) is 0 Å². The molecular weight excluding hydrogens is 1480 g/mol. The van der Waals surface area contributed by atoms with Gasteiger partial charge >= 0.3 is 0 Å². The van der Waals surface area contributed by atoms with Crippen molar-refractivity contribution in [1.29, 1.82) is 0 Å². The minimum absolute atomic E-state index is 0.215. The summed E-state index contributed by atoms with van der Waals surface area (Å²) in [5, 5.41) is 0. The van der Waals surface area contributed by atoms with Crippen molar-refractivity contribution in [2.45, 2.75) is 6.92 Å². The van der Waals surface area contributed by atoms with Gasteiger partial charge in [0.15, 0.2) is 0 Å². The topological polar surface area (TPSA) is 35.2 Å². The smallest absolute Gasteiger partial charge is 0.252 e. The molecule has 0 aromatic heterocycles. The van der Waals surface area contributed by atoms with E-state index < -0.39 is 0 Å². The molecule has 7 heterocycles. The average molecular weight is 1550 g/mol. The second-order valence-electron chi connectivity index (χ2n) is 32.5. The quantitative estimate of drug-likeness (QED) is 0.111. The minimum Gasteiger partial charge on any atom is -0.458 e. The molecule has 0 amide bonds. The molecule has 0 unspecified atom stereocenters. The maximum absolute atomic E-state index is 8.06. The van der Waals surface area contributed by atoms with Crippen LogP contribution in [0.5, 0.6) is 11.5 Å². The molecule has 18 aromatic carbocycles. The number of rotatable bonds is 12. The maximum Gasteiger partial charge on any atom is 0.252 e. The van der Waals surface area contributed by atoms with Crippen LogP contribution in [0.3, 0.4) is 0 Å². The molecule has 0 aliphatic carbocycles. The molecule has 0 saturated carbocycles. The van der Waals surface area contributed by atoms with Crippen LogP contribution in [0.1, 0.15) is 5.56 Å². The summed E-state index contributed by atoms with van der Waals surface area (Å²) in [5.74, 6) is 1.54. The van der Waals surface area contributed by atoms with Gasteiger partial charge in [-0.25, -0.2) is 0 Å². The van der Waals surface area contributed by atoms with E-state index in [1.165, 1.54) is 49.2 Å². The molecule has 567 valence electrons. The van der Waals surface area contributed by atoms with Crippen LogP contribution in [0.15, 0.2) is 425 Å².